The van der Waals surface area contributed by atoms with Gasteiger partial charge in [-0.05, 0) is 79.5 Å². The number of para-hydroxylation sites is 2. The standard InChI is InChI=1S/C13H10O3.C12H21N/c14-13(15)11-8-4-5-9-12(11)16-10-6-2-1-3-7-10;1-10-3-9-4-11(2,6-10)8-12(13,5-9)7-10/h1-9H,(H,14,15);9H,3-8,13H2,1-2H3. The van der Waals surface area contributed by atoms with Crippen molar-refractivity contribution >= 4 is 5.97 Å². The highest BCUT2D eigenvalue weighted by Gasteiger charge is 2.58. The minimum Gasteiger partial charge on any atom is -0.478 e. The van der Waals surface area contributed by atoms with E-state index in [1.165, 1.54) is 44.6 Å². The average Bonchev–Trinajstić information content (AvgIpc) is 2.59. The van der Waals surface area contributed by atoms with Crippen LogP contribution in [0.4, 0.5) is 0 Å². The first-order chi connectivity index (χ1) is 13.7. The fraction of sp³-hybridized carbons (Fsp3) is 0.480. The molecule has 2 aromatic rings. The molecule has 4 fully saturated rings. The number of hydrogen-bond donors (Lipinski definition) is 2. The van der Waals surface area contributed by atoms with Gasteiger partial charge in [-0.15, -0.1) is 0 Å². The van der Waals surface area contributed by atoms with Gasteiger partial charge in [-0.3, -0.25) is 0 Å². The maximum absolute atomic E-state index is 10.9. The van der Waals surface area contributed by atoms with Crippen LogP contribution in [0.3, 0.4) is 0 Å². The zero-order valence-electron chi connectivity index (χ0n) is 17.4. The van der Waals surface area contributed by atoms with Gasteiger partial charge in [-0.25, -0.2) is 4.79 Å². The summed E-state index contributed by atoms with van der Waals surface area (Å²) < 4.78 is 5.49. The summed E-state index contributed by atoms with van der Waals surface area (Å²) in [5, 5.41) is 8.96. The van der Waals surface area contributed by atoms with E-state index in [0.29, 0.717) is 22.3 Å². The molecule has 4 aliphatic rings. The third-order valence-electron chi connectivity index (χ3n) is 6.76. The van der Waals surface area contributed by atoms with E-state index in [2.05, 4.69) is 13.8 Å². The molecular weight excluding hydrogens is 362 g/mol. The minimum absolute atomic E-state index is 0.159. The van der Waals surface area contributed by atoms with Crippen LogP contribution in [0.5, 0.6) is 11.5 Å². The summed E-state index contributed by atoms with van der Waals surface area (Å²) in [5.41, 5.74) is 8.08. The van der Waals surface area contributed by atoms with Gasteiger partial charge in [0, 0.05) is 5.54 Å². The number of aromatic carboxylic acids is 1. The maximum atomic E-state index is 10.9. The van der Waals surface area contributed by atoms with Gasteiger partial charge < -0.3 is 15.6 Å². The van der Waals surface area contributed by atoms with Gasteiger partial charge in [0.05, 0.1) is 0 Å². The van der Waals surface area contributed by atoms with Crippen LogP contribution < -0.4 is 10.5 Å². The second-order valence-electron chi connectivity index (χ2n) is 10.2. The van der Waals surface area contributed by atoms with E-state index < -0.39 is 5.97 Å². The van der Waals surface area contributed by atoms with E-state index in [1.807, 2.05) is 18.2 Å². The number of carboxylic acids is 1. The molecule has 0 radical (unpaired) electrons. The van der Waals surface area contributed by atoms with Crippen molar-refractivity contribution in [3.63, 3.8) is 0 Å². The monoisotopic (exact) mass is 393 g/mol. The summed E-state index contributed by atoms with van der Waals surface area (Å²) in [7, 11) is 0. The number of hydrogen-bond acceptors (Lipinski definition) is 3. The Bertz CT molecular complexity index is 843. The van der Waals surface area contributed by atoms with Crippen molar-refractivity contribution in [3.05, 3.63) is 60.2 Å². The fourth-order valence-corrected chi connectivity index (χ4v) is 6.88. The third kappa shape index (κ3) is 4.32. The third-order valence-corrected chi connectivity index (χ3v) is 6.76. The van der Waals surface area contributed by atoms with Gasteiger partial charge in [-0.2, -0.15) is 0 Å². The van der Waals surface area contributed by atoms with E-state index in [4.69, 9.17) is 15.6 Å². The Hall–Kier alpha value is -2.33. The van der Waals surface area contributed by atoms with Crippen molar-refractivity contribution in [2.24, 2.45) is 22.5 Å². The van der Waals surface area contributed by atoms with Gasteiger partial charge >= 0.3 is 5.97 Å². The first-order valence-corrected chi connectivity index (χ1v) is 10.5. The lowest BCUT2D eigenvalue weighted by molar-refractivity contribution is -0.104. The van der Waals surface area contributed by atoms with E-state index >= 15 is 0 Å². The highest BCUT2D eigenvalue weighted by atomic mass is 16.5. The van der Waals surface area contributed by atoms with Crippen molar-refractivity contribution in [3.8, 4) is 11.5 Å². The number of rotatable bonds is 3. The molecule has 2 unspecified atom stereocenters. The first-order valence-electron chi connectivity index (χ1n) is 10.5. The Kier molecular flexibility index (Phi) is 4.94. The molecule has 4 heteroatoms. The Balaban J connectivity index is 0.000000144. The highest BCUT2D eigenvalue weighted by molar-refractivity contribution is 5.90. The molecule has 4 saturated carbocycles. The van der Waals surface area contributed by atoms with Gasteiger partial charge in [0.2, 0.25) is 0 Å². The second-order valence-corrected chi connectivity index (χ2v) is 10.2. The normalized spacial score (nSPS) is 34.2. The summed E-state index contributed by atoms with van der Waals surface area (Å²) in [6.07, 6.45) is 8.27. The lowest BCUT2D eigenvalue weighted by Gasteiger charge is -2.64. The smallest absolute Gasteiger partial charge is 0.339 e. The largest absolute Gasteiger partial charge is 0.478 e. The predicted octanol–water partition coefficient (Wildman–Crippen LogP) is 5.87. The number of carbonyl (C=O) groups is 1. The van der Waals surface area contributed by atoms with E-state index in [0.717, 1.165) is 5.92 Å². The lowest BCUT2D eigenvalue weighted by Crippen LogP contribution is -2.62. The van der Waals surface area contributed by atoms with Crippen LogP contribution in [0.15, 0.2) is 54.6 Å². The second kappa shape index (κ2) is 7.17. The predicted molar refractivity (Wildman–Crippen MR) is 114 cm³/mol. The highest BCUT2D eigenvalue weighted by Crippen LogP contribution is 2.65. The molecule has 4 nitrogen and oxygen atoms in total. The SMILES string of the molecule is CC12CC3CC(C)(C1)CC(N)(C3)C2.O=C(O)c1ccccc1Oc1ccccc1. The molecular formula is C25H31NO3. The molecule has 0 heterocycles. The van der Waals surface area contributed by atoms with E-state index in [1.54, 1.807) is 30.3 Å². The molecule has 0 saturated heterocycles. The average molecular weight is 394 g/mol. The Morgan fingerprint density at radius 3 is 2.07 bits per heavy atom. The van der Waals surface area contributed by atoms with Crippen LogP contribution in [0.2, 0.25) is 0 Å². The Labute approximate surface area is 173 Å². The zero-order valence-corrected chi connectivity index (χ0v) is 17.4. The van der Waals surface area contributed by atoms with E-state index in [9.17, 15) is 4.79 Å². The summed E-state index contributed by atoms with van der Waals surface area (Å²) in [4.78, 5) is 10.9. The number of benzene rings is 2. The summed E-state index contributed by atoms with van der Waals surface area (Å²) in [6.45, 7) is 4.94. The topological polar surface area (TPSA) is 72.6 Å². The fourth-order valence-electron chi connectivity index (χ4n) is 6.88. The summed E-state index contributed by atoms with van der Waals surface area (Å²) in [6, 6.07) is 15.6. The Morgan fingerprint density at radius 1 is 0.931 bits per heavy atom. The quantitative estimate of drug-likeness (QED) is 0.684. The summed E-state index contributed by atoms with van der Waals surface area (Å²) in [5.74, 6) is 0.931. The zero-order chi connectivity index (χ0) is 20.7. The molecule has 0 aliphatic heterocycles. The van der Waals surface area contributed by atoms with Crippen LogP contribution in [-0.4, -0.2) is 16.6 Å². The number of ether oxygens (including phenoxy) is 1. The molecule has 4 bridgehead atoms. The molecule has 0 aromatic heterocycles. The van der Waals surface area contributed by atoms with Crippen LogP contribution >= 0.6 is 0 Å². The van der Waals surface area contributed by atoms with Crippen LogP contribution in [-0.2, 0) is 0 Å². The van der Waals surface area contributed by atoms with Crippen molar-refractivity contribution in [2.75, 3.05) is 0 Å². The van der Waals surface area contributed by atoms with Gasteiger partial charge in [0.15, 0.2) is 0 Å². The molecule has 2 aromatic carbocycles. The van der Waals surface area contributed by atoms with Crippen molar-refractivity contribution in [1.82, 2.24) is 0 Å². The summed E-state index contributed by atoms with van der Waals surface area (Å²) >= 11 is 0. The number of nitrogens with two attached hydrogens (primary N) is 1. The molecule has 154 valence electrons. The van der Waals surface area contributed by atoms with Gasteiger partial charge in [-0.1, -0.05) is 44.2 Å². The molecule has 0 spiro atoms. The number of carboxylic acid groups (broad SMARTS) is 1. The molecule has 29 heavy (non-hydrogen) atoms. The van der Waals surface area contributed by atoms with Crippen molar-refractivity contribution in [1.29, 1.82) is 0 Å². The molecule has 3 N–H and O–H groups in total. The maximum Gasteiger partial charge on any atom is 0.339 e. The Morgan fingerprint density at radius 2 is 1.52 bits per heavy atom. The van der Waals surface area contributed by atoms with Crippen LogP contribution in [0.1, 0.15) is 62.7 Å². The molecule has 2 atom stereocenters. The van der Waals surface area contributed by atoms with E-state index in [-0.39, 0.29) is 11.1 Å². The first kappa shape index (κ1) is 20.0. The molecule has 6 rings (SSSR count). The van der Waals surface area contributed by atoms with Crippen LogP contribution in [0.25, 0.3) is 0 Å². The van der Waals surface area contributed by atoms with Crippen molar-refractivity contribution < 1.29 is 14.6 Å². The van der Waals surface area contributed by atoms with Crippen molar-refractivity contribution in [2.45, 2.75) is 57.9 Å². The molecule has 4 aliphatic carbocycles. The molecule has 0 amide bonds. The lowest BCUT2D eigenvalue weighted by atomic mass is 9.43. The van der Waals surface area contributed by atoms with Gasteiger partial charge in [0.25, 0.3) is 0 Å². The van der Waals surface area contributed by atoms with Crippen LogP contribution in [0, 0.1) is 16.7 Å². The minimum atomic E-state index is -0.994. The van der Waals surface area contributed by atoms with Gasteiger partial charge in [0.1, 0.15) is 17.1 Å².